The van der Waals surface area contributed by atoms with E-state index in [1.165, 1.54) is 11.3 Å². The predicted octanol–water partition coefficient (Wildman–Crippen LogP) is 4.19. The van der Waals surface area contributed by atoms with E-state index in [0.717, 1.165) is 48.1 Å². The van der Waals surface area contributed by atoms with Crippen molar-refractivity contribution in [2.45, 2.75) is 25.7 Å². The normalized spacial score (nSPS) is 15.4. The molecule has 0 aliphatic carbocycles. The highest BCUT2D eigenvalue weighted by molar-refractivity contribution is 7.21. The second-order valence-electron chi connectivity index (χ2n) is 4.87. The predicted molar refractivity (Wildman–Crippen MR) is 86.2 cm³/mol. The van der Waals surface area contributed by atoms with Crippen molar-refractivity contribution in [3.8, 4) is 0 Å². The van der Waals surface area contributed by atoms with Gasteiger partial charge in [0.15, 0.2) is 0 Å². The van der Waals surface area contributed by atoms with Crippen LogP contribution in [0.4, 0.5) is 0 Å². The molecule has 0 atom stereocenters. The van der Waals surface area contributed by atoms with Crippen LogP contribution in [0.15, 0.2) is 29.3 Å². The molecule has 3 rings (SSSR count). The summed E-state index contributed by atoms with van der Waals surface area (Å²) in [5.74, 6) is 0.270. The maximum Gasteiger partial charge on any atom is 0.374 e. The summed E-state index contributed by atoms with van der Waals surface area (Å²) in [7, 11) is 0. The van der Waals surface area contributed by atoms with Gasteiger partial charge in [-0.1, -0.05) is 36.2 Å². The minimum Gasteiger partial charge on any atom is -0.336 e. The molecule has 6 heteroatoms. The first kappa shape index (κ1) is 14.4. The fourth-order valence-electron chi connectivity index (χ4n) is 2.25. The molecule has 2 heterocycles. The van der Waals surface area contributed by atoms with E-state index in [-0.39, 0.29) is 0 Å². The third-order valence-corrected chi connectivity index (χ3v) is 5.01. The van der Waals surface area contributed by atoms with Crippen LogP contribution < -0.4 is 5.48 Å². The van der Waals surface area contributed by atoms with Gasteiger partial charge in [-0.3, -0.25) is 4.99 Å². The molecule has 0 radical (unpaired) electrons. The van der Waals surface area contributed by atoms with Gasteiger partial charge in [0.25, 0.3) is 0 Å². The van der Waals surface area contributed by atoms with Crippen molar-refractivity contribution in [3.63, 3.8) is 0 Å². The molecular weight excluding hydrogens is 308 g/mol. The number of carbonyl (C=O) groups is 1. The molecular formula is C15H15ClN2O2S. The molecule has 2 aromatic rings. The van der Waals surface area contributed by atoms with E-state index in [4.69, 9.17) is 16.4 Å². The number of fused-ring (bicyclic) bond motifs is 1. The fraction of sp³-hybridized carbons (Fsp3) is 0.333. The smallest absolute Gasteiger partial charge is 0.336 e. The standard InChI is InChI=1S/C15H15ClN2O2S/c16-13-10-6-3-4-7-11(10)21-14(13)15(19)20-18-12-8-2-1-5-9-17-12/h3-4,6-7H,1-2,5,8-9H2,(H,17,18). The van der Waals surface area contributed by atoms with Crippen molar-refractivity contribution in [3.05, 3.63) is 34.2 Å². The van der Waals surface area contributed by atoms with Crippen LogP contribution in [-0.4, -0.2) is 18.3 Å². The Kier molecular flexibility index (Phi) is 4.41. The minimum atomic E-state index is -0.465. The summed E-state index contributed by atoms with van der Waals surface area (Å²) in [5, 5.41) is 1.33. The molecule has 1 aromatic carbocycles. The number of rotatable bonds is 1. The van der Waals surface area contributed by atoms with Gasteiger partial charge in [-0.05, 0) is 18.9 Å². The van der Waals surface area contributed by atoms with E-state index in [1.54, 1.807) is 0 Å². The summed E-state index contributed by atoms with van der Waals surface area (Å²) in [6.07, 6.45) is 4.12. The number of amidine groups is 1. The molecule has 0 fully saturated rings. The van der Waals surface area contributed by atoms with Crippen molar-refractivity contribution in [1.29, 1.82) is 0 Å². The van der Waals surface area contributed by atoms with Crippen LogP contribution in [0.2, 0.25) is 5.02 Å². The molecule has 0 bridgehead atoms. The van der Waals surface area contributed by atoms with Crippen molar-refractivity contribution < 1.29 is 9.63 Å². The summed E-state index contributed by atoms with van der Waals surface area (Å²) in [4.78, 5) is 22.1. The number of thiophene rings is 1. The number of carbonyl (C=O) groups excluding carboxylic acids is 1. The molecule has 0 saturated heterocycles. The van der Waals surface area contributed by atoms with Gasteiger partial charge >= 0.3 is 5.97 Å². The molecule has 4 nitrogen and oxygen atoms in total. The van der Waals surface area contributed by atoms with Gasteiger partial charge in [-0.15, -0.1) is 11.3 Å². The monoisotopic (exact) mass is 322 g/mol. The molecule has 110 valence electrons. The van der Waals surface area contributed by atoms with Crippen LogP contribution in [0, 0.1) is 0 Å². The quantitative estimate of drug-likeness (QED) is 0.801. The first-order chi connectivity index (χ1) is 10.3. The number of hydroxylamine groups is 1. The third kappa shape index (κ3) is 3.19. The zero-order chi connectivity index (χ0) is 14.7. The molecule has 0 saturated carbocycles. The van der Waals surface area contributed by atoms with Crippen LogP contribution in [-0.2, 0) is 4.84 Å². The first-order valence-corrected chi connectivity index (χ1v) is 8.12. The second kappa shape index (κ2) is 6.45. The average molecular weight is 323 g/mol. The Bertz CT molecular complexity index is 696. The number of halogens is 1. The van der Waals surface area contributed by atoms with E-state index >= 15 is 0 Å². The van der Waals surface area contributed by atoms with E-state index < -0.39 is 5.97 Å². The van der Waals surface area contributed by atoms with Crippen LogP contribution in [0.5, 0.6) is 0 Å². The van der Waals surface area contributed by atoms with Crippen molar-refractivity contribution in [1.82, 2.24) is 5.48 Å². The van der Waals surface area contributed by atoms with E-state index in [9.17, 15) is 4.79 Å². The molecule has 21 heavy (non-hydrogen) atoms. The summed E-state index contributed by atoms with van der Waals surface area (Å²) in [5.41, 5.74) is 2.68. The lowest BCUT2D eigenvalue weighted by Gasteiger charge is -2.07. The highest BCUT2D eigenvalue weighted by Crippen LogP contribution is 2.35. The largest absolute Gasteiger partial charge is 0.374 e. The topological polar surface area (TPSA) is 50.7 Å². The molecule has 1 aliphatic heterocycles. The number of benzene rings is 1. The lowest BCUT2D eigenvalue weighted by Crippen LogP contribution is -2.26. The maximum absolute atomic E-state index is 12.1. The average Bonchev–Trinajstić information content (AvgIpc) is 2.68. The van der Waals surface area contributed by atoms with E-state index in [1.807, 2.05) is 24.3 Å². The Morgan fingerprint density at radius 3 is 3.00 bits per heavy atom. The Hall–Kier alpha value is -1.59. The highest BCUT2D eigenvalue weighted by Gasteiger charge is 2.19. The van der Waals surface area contributed by atoms with Gasteiger partial charge in [0.1, 0.15) is 10.7 Å². The van der Waals surface area contributed by atoms with Crippen LogP contribution >= 0.6 is 22.9 Å². The van der Waals surface area contributed by atoms with Gasteiger partial charge < -0.3 is 4.84 Å². The van der Waals surface area contributed by atoms with Crippen molar-refractivity contribution in [2.75, 3.05) is 6.54 Å². The number of nitrogens with one attached hydrogen (secondary N) is 1. The number of nitrogens with zero attached hydrogens (tertiary/aromatic N) is 1. The molecule has 1 aliphatic rings. The zero-order valence-electron chi connectivity index (χ0n) is 11.4. The first-order valence-electron chi connectivity index (χ1n) is 6.93. The Balaban J connectivity index is 1.72. The zero-order valence-corrected chi connectivity index (χ0v) is 13.0. The molecule has 0 amide bonds. The molecule has 0 spiro atoms. The lowest BCUT2D eigenvalue weighted by molar-refractivity contribution is 0.0389. The maximum atomic E-state index is 12.1. The Morgan fingerprint density at radius 1 is 1.29 bits per heavy atom. The molecule has 0 unspecified atom stereocenters. The molecule has 1 N–H and O–H groups in total. The van der Waals surface area contributed by atoms with Crippen molar-refractivity contribution in [2.24, 2.45) is 4.99 Å². The van der Waals surface area contributed by atoms with Gasteiger partial charge in [0, 0.05) is 23.1 Å². The Labute approximate surface area is 131 Å². The molecule has 1 aromatic heterocycles. The van der Waals surface area contributed by atoms with Gasteiger partial charge in [-0.2, -0.15) is 0 Å². The Morgan fingerprint density at radius 2 is 2.14 bits per heavy atom. The van der Waals surface area contributed by atoms with E-state index in [2.05, 4.69) is 10.5 Å². The fourth-order valence-corrected chi connectivity index (χ4v) is 3.64. The van der Waals surface area contributed by atoms with Crippen LogP contribution in [0.25, 0.3) is 10.1 Å². The SMILES string of the molecule is O=C(ONC1=NCCCCC1)c1sc2ccccc2c1Cl. The highest BCUT2D eigenvalue weighted by atomic mass is 35.5. The summed E-state index contributed by atoms with van der Waals surface area (Å²) >= 11 is 7.59. The number of hydrogen-bond acceptors (Lipinski definition) is 5. The second-order valence-corrected chi connectivity index (χ2v) is 6.30. The number of hydrogen-bond donors (Lipinski definition) is 1. The number of aliphatic imine (C=N–C) groups is 1. The van der Waals surface area contributed by atoms with Crippen molar-refractivity contribution >= 4 is 44.8 Å². The summed E-state index contributed by atoms with van der Waals surface area (Å²) in [6, 6.07) is 7.65. The summed E-state index contributed by atoms with van der Waals surface area (Å²) < 4.78 is 0.973. The van der Waals surface area contributed by atoms with Gasteiger partial charge in [0.2, 0.25) is 0 Å². The third-order valence-electron chi connectivity index (χ3n) is 3.36. The van der Waals surface area contributed by atoms with Gasteiger partial charge in [0.05, 0.1) is 5.02 Å². The van der Waals surface area contributed by atoms with Gasteiger partial charge in [-0.25, -0.2) is 10.3 Å². The lowest BCUT2D eigenvalue weighted by atomic mass is 10.2. The van der Waals surface area contributed by atoms with E-state index in [0.29, 0.717) is 9.90 Å². The minimum absolute atomic E-state index is 0.416. The summed E-state index contributed by atoms with van der Waals surface area (Å²) in [6.45, 7) is 0.781. The van der Waals surface area contributed by atoms with Crippen LogP contribution in [0.1, 0.15) is 35.4 Å². The van der Waals surface area contributed by atoms with Crippen LogP contribution in [0.3, 0.4) is 0 Å².